The zero-order chi connectivity index (χ0) is 14.4. The van der Waals surface area contributed by atoms with Crippen LogP contribution >= 0.6 is 47.8 Å². The van der Waals surface area contributed by atoms with Crippen LogP contribution in [0.5, 0.6) is 5.75 Å². The summed E-state index contributed by atoms with van der Waals surface area (Å²) in [5.41, 5.74) is 1.08. The van der Waals surface area contributed by atoms with Gasteiger partial charge in [-0.1, -0.05) is 29.9 Å². The lowest BCUT2D eigenvalue weighted by atomic mass is 10.2. The minimum atomic E-state index is 0.364. The van der Waals surface area contributed by atoms with E-state index >= 15 is 0 Å². The molecule has 1 aromatic rings. The van der Waals surface area contributed by atoms with E-state index in [4.69, 9.17) is 40.8 Å². The summed E-state index contributed by atoms with van der Waals surface area (Å²) in [6.45, 7) is 7.79. The Labute approximate surface area is 134 Å². The molecule has 2 nitrogen and oxygen atoms in total. The molecule has 0 heterocycles. The zero-order valence-corrected chi connectivity index (χ0v) is 14.3. The van der Waals surface area contributed by atoms with Gasteiger partial charge >= 0.3 is 0 Å². The van der Waals surface area contributed by atoms with E-state index in [9.17, 15) is 0 Å². The van der Waals surface area contributed by atoms with Crippen LogP contribution in [0.2, 0.25) is 5.02 Å². The van der Waals surface area contributed by atoms with Crippen molar-refractivity contribution in [3.63, 3.8) is 0 Å². The highest BCUT2D eigenvalue weighted by Crippen LogP contribution is 2.27. The molecule has 0 atom stereocenters. The van der Waals surface area contributed by atoms with Crippen molar-refractivity contribution in [1.82, 2.24) is 4.90 Å². The predicted molar refractivity (Wildman–Crippen MR) is 92.5 cm³/mol. The number of benzene rings is 1. The Hall–Kier alpha value is -0.360. The summed E-state index contributed by atoms with van der Waals surface area (Å²) in [5.74, 6) is 0.562. The first-order valence-electron chi connectivity index (χ1n) is 5.92. The second-order valence-electron chi connectivity index (χ2n) is 3.83. The zero-order valence-electron chi connectivity index (χ0n) is 11.1. The lowest BCUT2D eigenvalue weighted by molar-refractivity contribution is 0.482. The van der Waals surface area contributed by atoms with Gasteiger partial charge in [-0.2, -0.15) is 0 Å². The number of halogens is 1. The molecule has 0 radical (unpaired) electrons. The van der Waals surface area contributed by atoms with Gasteiger partial charge in [0, 0.05) is 13.1 Å². The third-order valence-electron chi connectivity index (χ3n) is 2.47. The summed E-state index contributed by atoms with van der Waals surface area (Å²) < 4.78 is 6.64. The molecule has 0 saturated heterocycles. The Balaban J connectivity index is 2.63. The van der Waals surface area contributed by atoms with E-state index in [1.165, 1.54) is 11.8 Å². The Morgan fingerprint density at radius 2 is 1.95 bits per heavy atom. The van der Waals surface area contributed by atoms with E-state index in [0.717, 1.165) is 23.0 Å². The van der Waals surface area contributed by atoms with Crippen LogP contribution in [0.1, 0.15) is 19.4 Å². The van der Waals surface area contributed by atoms with Crippen LogP contribution in [0.15, 0.2) is 18.2 Å². The SMILES string of the molecule is CCN(CC)C(=S)SC(=S)Oc1ccc(C)cc1Cl. The maximum absolute atomic E-state index is 6.09. The molecular weight excluding hydrogens is 318 g/mol. The van der Waals surface area contributed by atoms with E-state index in [2.05, 4.69) is 13.8 Å². The summed E-state index contributed by atoms with van der Waals surface area (Å²) in [6, 6.07) is 5.58. The fourth-order valence-corrected chi connectivity index (χ4v) is 3.32. The average molecular weight is 334 g/mol. The maximum atomic E-state index is 6.09. The first-order valence-corrected chi connectivity index (χ1v) is 7.93. The number of rotatable bonds is 3. The van der Waals surface area contributed by atoms with Gasteiger partial charge in [-0.3, -0.25) is 0 Å². The lowest BCUT2D eigenvalue weighted by Crippen LogP contribution is -2.27. The van der Waals surface area contributed by atoms with Gasteiger partial charge in [0.25, 0.3) is 0 Å². The van der Waals surface area contributed by atoms with Crippen molar-refractivity contribution in [2.24, 2.45) is 0 Å². The quantitative estimate of drug-likeness (QED) is 0.743. The molecule has 0 fully saturated rings. The molecule has 0 aliphatic carbocycles. The van der Waals surface area contributed by atoms with Crippen LogP contribution in [0.3, 0.4) is 0 Å². The number of ether oxygens (including phenoxy) is 1. The van der Waals surface area contributed by atoms with E-state index in [1.54, 1.807) is 0 Å². The highest BCUT2D eigenvalue weighted by Gasteiger charge is 2.12. The average Bonchev–Trinajstić information content (AvgIpc) is 2.34. The minimum Gasteiger partial charge on any atom is -0.438 e. The van der Waals surface area contributed by atoms with Crippen molar-refractivity contribution in [2.45, 2.75) is 20.8 Å². The fourth-order valence-electron chi connectivity index (χ4n) is 1.42. The highest BCUT2D eigenvalue weighted by atomic mass is 35.5. The molecule has 0 aliphatic rings. The van der Waals surface area contributed by atoms with Crippen LogP contribution in [0.4, 0.5) is 0 Å². The van der Waals surface area contributed by atoms with Crippen LogP contribution < -0.4 is 4.74 Å². The molecule has 0 N–H and O–H groups in total. The molecule has 0 amide bonds. The molecular formula is C13H16ClNOS3. The van der Waals surface area contributed by atoms with Crippen molar-refractivity contribution in [3.05, 3.63) is 28.8 Å². The second-order valence-corrected chi connectivity index (χ2v) is 6.47. The van der Waals surface area contributed by atoms with Crippen LogP contribution in [0.25, 0.3) is 0 Å². The standard InChI is InChI=1S/C13H16ClNOS3/c1-4-15(5-2)12(17)19-13(18)16-11-7-6-9(3)8-10(11)14/h6-8H,4-5H2,1-3H3. The number of hydrogen-bond acceptors (Lipinski definition) is 4. The molecule has 104 valence electrons. The van der Waals surface area contributed by atoms with E-state index < -0.39 is 0 Å². The van der Waals surface area contributed by atoms with Gasteiger partial charge in [0.05, 0.1) is 5.02 Å². The largest absolute Gasteiger partial charge is 0.438 e. The molecule has 6 heteroatoms. The number of hydrogen-bond donors (Lipinski definition) is 0. The Morgan fingerprint density at radius 1 is 1.32 bits per heavy atom. The number of thioether (sulfide) groups is 1. The second kappa shape index (κ2) is 8.04. The first-order chi connectivity index (χ1) is 8.97. The molecule has 0 spiro atoms. The smallest absolute Gasteiger partial charge is 0.232 e. The Morgan fingerprint density at radius 3 is 2.47 bits per heavy atom. The van der Waals surface area contributed by atoms with E-state index in [-0.39, 0.29) is 0 Å². The van der Waals surface area contributed by atoms with Gasteiger partial charge in [0.1, 0.15) is 10.1 Å². The van der Waals surface area contributed by atoms with Gasteiger partial charge in [-0.05, 0) is 62.4 Å². The summed E-state index contributed by atoms with van der Waals surface area (Å²) in [4.78, 5) is 2.05. The van der Waals surface area contributed by atoms with Gasteiger partial charge in [-0.15, -0.1) is 0 Å². The summed E-state index contributed by atoms with van der Waals surface area (Å²) in [7, 11) is 0. The summed E-state index contributed by atoms with van der Waals surface area (Å²) in [6.07, 6.45) is 0. The Kier molecular flexibility index (Phi) is 7.07. The van der Waals surface area contributed by atoms with Gasteiger partial charge in [0.15, 0.2) is 0 Å². The topological polar surface area (TPSA) is 12.5 Å². The molecule has 0 unspecified atom stereocenters. The highest BCUT2D eigenvalue weighted by molar-refractivity contribution is 8.37. The van der Waals surface area contributed by atoms with E-state index in [1.807, 2.05) is 30.0 Å². The molecule has 0 aliphatic heterocycles. The number of aryl methyl sites for hydroxylation is 1. The normalized spacial score (nSPS) is 10.1. The van der Waals surface area contributed by atoms with Crippen LogP contribution in [-0.2, 0) is 0 Å². The van der Waals surface area contributed by atoms with Crippen molar-refractivity contribution in [1.29, 1.82) is 0 Å². The molecule has 0 saturated carbocycles. The van der Waals surface area contributed by atoms with Crippen LogP contribution in [0, 0.1) is 6.92 Å². The maximum Gasteiger partial charge on any atom is 0.232 e. The van der Waals surface area contributed by atoms with Gasteiger partial charge < -0.3 is 9.64 Å². The van der Waals surface area contributed by atoms with Crippen molar-refractivity contribution >= 4 is 56.5 Å². The summed E-state index contributed by atoms with van der Waals surface area (Å²) in [5, 5.41) is 0.553. The first kappa shape index (κ1) is 16.7. The molecule has 19 heavy (non-hydrogen) atoms. The number of thiocarbonyl (C=S) groups is 2. The number of nitrogens with zero attached hydrogens (tertiary/aromatic N) is 1. The van der Waals surface area contributed by atoms with Crippen LogP contribution in [-0.4, -0.2) is 26.7 Å². The molecule has 1 rings (SSSR count). The van der Waals surface area contributed by atoms with Gasteiger partial charge in [-0.25, -0.2) is 0 Å². The minimum absolute atomic E-state index is 0.364. The van der Waals surface area contributed by atoms with Crippen molar-refractivity contribution < 1.29 is 4.74 Å². The summed E-state index contributed by atoms with van der Waals surface area (Å²) >= 11 is 17.9. The lowest BCUT2D eigenvalue weighted by Gasteiger charge is -2.20. The molecule has 1 aromatic carbocycles. The third kappa shape index (κ3) is 5.26. The van der Waals surface area contributed by atoms with Crippen molar-refractivity contribution in [2.75, 3.05) is 13.1 Å². The van der Waals surface area contributed by atoms with Gasteiger partial charge in [0.2, 0.25) is 4.38 Å². The molecule has 0 bridgehead atoms. The molecule has 0 aromatic heterocycles. The van der Waals surface area contributed by atoms with E-state index in [0.29, 0.717) is 15.2 Å². The Bertz CT molecular complexity index is 475. The predicted octanol–water partition coefficient (Wildman–Crippen LogP) is 4.67. The fraction of sp³-hybridized carbons (Fsp3) is 0.385. The van der Waals surface area contributed by atoms with Crippen molar-refractivity contribution in [3.8, 4) is 5.75 Å². The third-order valence-corrected chi connectivity index (χ3v) is 4.29. The monoisotopic (exact) mass is 333 g/mol.